The molecule has 1 N–H and O–H groups in total. The van der Waals surface area contributed by atoms with E-state index in [4.69, 9.17) is 4.11 Å². The van der Waals surface area contributed by atoms with Crippen LogP contribution in [0.4, 0.5) is 0 Å². The Hall–Kier alpha value is -0.790. The summed E-state index contributed by atoms with van der Waals surface area (Å²) in [6.45, 7) is -2.46. The van der Waals surface area contributed by atoms with Crippen LogP contribution in [0.1, 0.15) is 22.6 Å². The number of nitrogens with one attached hydrogen (secondary N) is 1. The first-order valence-corrected chi connectivity index (χ1v) is 7.72. The number of hydrogen-bond donors (Lipinski definition) is 1. The Kier molecular flexibility index (Phi) is 2.91. The maximum atomic E-state index is 11.4. The summed E-state index contributed by atoms with van der Waals surface area (Å²) in [4.78, 5) is 3.68. The molecule has 0 aliphatic heterocycles. The standard InChI is InChI=1S/C9H14N2O3S2/c1-7(11-15(2)12)8-4-5-10-9(6-8)16(3,13)14/h4-7,11H,1-3H3/t7-,15+/m0/s1/i1D3. The zero-order valence-corrected chi connectivity index (χ0v) is 10.4. The van der Waals surface area contributed by atoms with Gasteiger partial charge in [-0.1, -0.05) is 0 Å². The largest absolute Gasteiger partial charge is 0.245 e. The van der Waals surface area contributed by atoms with Crippen LogP contribution in [-0.4, -0.2) is 30.1 Å². The zero-order valence-electron chi connectivity index (χ0n) is 11.8. The van der Waals surface area contributed by atoms with E-state index >= 15 is 0 Å². The van der Waals surface area contributed by atoms with Crippen molar-refractivity contribution in [3.8, 4) is 0 Å². The van der Waals surface area contributed by atoms with E-state index in [9.17, 15) is 12.6 Å². The van der Waals surface area contributed by atoms with Gasteiger partial charge in [-0.05, 0) is 24.5 Å². The molecule has 2 atom stereocenters. The maximum Gasteiger partial charge on any atom is 0.192 e. The van der Waals surface area contributed by atoms with Crippen LogP contribution in [0.15, 0.2) is 23.4 Å². The Labute approximate surface area is 102 Å². The molecule has 0 radical (unpaired) electrons. The first kappa shape index (κ1) is 9.26. The van der Waals surface area contributed by atoms with Crippen molar-refractivity contribution in [1.82, 2.24) is 9.71 Å². The van der Waals surface area contributed by atoms with E-state index in [0.717, 1.165) is 6.26 Å². The van der Waals surface area contributed by atoms with Crippen LogP contribution >= 0.6 is 0 Å². The molecule has 0 saturated carbocycles. The minimum atomic E-state index is -3.53. The Bertz CT molecular complexity index is 587. The van der Waals surface area contributed by atoms with Crippen molar-refractivity contribution >= 4 is 20.8 Å². The van der Waals surface area contributed by atoms with Crippen molar-refractivity contribution in [2.45, 2.75) is 17.9 Å². The second-order valence-corrected chi connectivity index (χ2v) is 6.31. The van der Waals surface area contributed by atoms with Gasteiger partial charge in [-0.2, -0.15) is 0 Å². The fraction of sp³-hybridized carbons (Fsp3) is 0.444. The Morgan fingerprint density at radius 1 is 1.62 bits per heavy atom. The molecule has 0 saturated heterocycles. The molecule has 0 aliphatic carbocycles. The Balaban J connectivity index is 3.28. The van der Waals surface area contributed by atoms with Gasteiger partial charge in [-0.3, -0.25) is 0 Å². The van der Waals surface area contributed by atoms with Gasteiger partial charge in [0.15, 0.2) is 14.9 Å². The molecule has 0 bridgehead atoms. The van der Waals surface area contributed by atoms with Crippen LogP contribution in [0.3, 0.4) is 0 Å². The fourth-order valence-corrected chi connectivity index (χ4v) is 2.11. The summed E-state index contributed by atoms with van der Waals surface area (Å²) in [5.41, 5.74) is 0.200. The smallest absolute Gasteiger partial charge is 0.192 e. The van der Waals surface area contributed by atoms with Gasteiger partial charge < -0.3 is 0 Å². The van der Waals surface area contributed by atoms with Crippen LogP contribution < -0.4 is 4.72 Å². The summed E-state index contributed by atoms with van der Waals surface area (Å²) in [7, 11) is -5.08. The number of pyridine rings is 1. The van der Waals surface area contributed by atoms with Crippen LogP contribution in [0.25, 0.3) is 0 Å². The lowest BCUT2D eigenvalue weighted by atomic mass is 10.1. The van der Waals surface area contributed by atoms with Crippen LogP contribution in [-0.2, 0) is 20.8 Å². The predicted molar refractivity (Wildman–Crippen MR) is 63.0 cm³/mol. The lowest BCUT2D eigenvalue weighted by molar-refractivity contribution is 0.597. The minimum absolute atomic E-state index is 0.200. The number of nitrogens with zero attached hydrogens (tertiary/aromatic N) is 1. The molecule has 5 nitrogen and oxygen atoms in total. The first-order valence-electron chi connectivity index (χ1n) is 5.77. The van der Waals surface area contributed by atoms with Crippen molar-refractivity contribution in [3.05, 3.63) is 23.9 Å². The third-order valence-corrected chi connectivity index (χ3v) is 3.31. The molecule has 1 heterocycles. The van der Waals surface area contributed by atoms with Crippen molar-refractivity contribution in [2.24, 2.45) is 0 Å². The molecule has 0 fully saturated rings. The third kappa shape index (κ3) is 3.66. The van der Waals surface area contributed by atoms with Gasteiger partial charge in [-0.15, -0.1) is 0 Å². The van der Waals surface area contributed by atoms with E-state index in [2.05, 4.69) is 9.71 Å². The highest BCUT2D eigenvalue weighted by Gasteiger charge is 2.12. The molecule has 0 unspecified atom stereocenters. The molecule has 0 aliphatic rings. The molecule has 90 valence electrons. The molecule has 0 spiro atoms. The normalized spacial score (nSPS) is 19.2. The highest BCUT2D eigenvalue weighted by molar-refractivity contribution is 7.90. The van der Waals surface area contributed by atoms with E-state index in [1.165, 1.54) is 24.6 Å². The van der Waals surface area contributed by atoms with Gasteiger partial charge in [0.2, 0.25) is 0 Å². The van der Waals surface area contributed by atoms with E-state index in [1.54, 1.807) is 0 Å². The molecule has 0 aromatic carbocycles. The summed E-state index contributed by atoms with van der Waals surface area (Å²) < 4.78 is 58.6. The number of aromatic nitrogens is 1. The van der Waals surface area contributed by atoms with Gasteiger partial charge in [-0.25, -0.2) is 22.3 Å². The molecule has 1 aromatic heterocycles. The van der Waals surface area contributed by atoms with Gasteiger partial charge in [0.05, 0.1) is 11.0 Å². The quantitative estimate of drug-likeness (QED) is 0.856. The molecular formula is C9H14N2O3S2. The van der Waals surface area contributed by atoms with Gasteiger partial charge >= 0.3 is 0 Å². The van der Waals surface area contributed by atoms with Gasteiger partial charge in [0, 0.05) is 28.9 Å². The molecule has 16 heavy (non-hydrogen) atoms. The SMILES string of the molecule is [2H]C([2H])([2H])[C@H](N[S@@](C)=O)c1ccnc(S(C)(=O)=O)c1. The molecule has 1 aromatic rings. The number of rotatable bonds is 4. The lowest BCUT2D eigenvalue weighted by Gasteiger charge is -2.12. The topological polar surface area (TPSA) is 76.1 Å². The molecular weight excluding hydrogens is 248 g/mol. The number of hydrogen-bond acceptors (Lipinski definition) is 4. The Morgan fingerprint density at radius 2 is 2.31 bits per heavy atom. The van der Waals surface area contributed by atoms with E-state index in [0.29, 0.717) is 0 Å². The summed E-state index contributed by atoms with van der Waals surface area (Å²) in [5.74, 6) is 0. The molecule has 0 amide bonds. The van der Waals surface area contributed by atoms with Crippen molar-refractivity contribution < 1.29 is 16.7 Å². The van der Waals surface area contributed by atoms with Crippen molar-refractivity contribution in [1.29, 1.82) is 0 Å². The Morgan fingerprint density at radius 3 is 2.81 bits per heavy atom. The zero-order chi connectivity index (χ0) is 14.8. The van der Waals surface area contributed by atoms with Gasteiger partial charge in [0.1, 0.15) is 0 Å². The van der Waals surface area contributed by atoms with Crippen LogP contribution in [0.2, 0.25) is 0 Å². The highest BCUT2D eigenvalue weighted by atomic mass is 32.2. The summed E-state index contributed by atoms with van der Waals surface area (Å²) >= 11 is 0. The monoisotopic (exact) mass is 265 g/mol. The predicted octanol–water partition coefficient (Wildman–Crippen LogP) is 0.429. The fourth-order valence-electron chi connectivity index (χ4n) is 1.04. The third-order valence-electron chi connectivity index (χ3n) is 1.76. The minimum Gasteiger partial charge on any atom is -0.245 e. The summed E-state index contributed by atoms with van der Waals surface area (Å²) in [6.07, 6.45) is 3.50. The van der Waals surface area contributed by atoms with E-state index in [-0.39, 0.29) is 10.6 Å². The average molecular weight is 265 g/mol. The second-order valence-electron chi connectivity index (χ2n) is 3.20. The van der Waals surface area contributed by atoms with Crippen molar-refractivity contribution in [3.63, 3.8) is 0 Å². The second kappa shape index (κ2) is 5.03. The van der Waals surface area contributed by atoms with Crippen LogP contribution in [0.5, 0.6) is 0 Å². The maximum absolute atomic E-state index is 11.4. The van der Waals surface area contributed by atoms with Crippen molar-refractivity contribution in [2.75, 3.05) is 12.5 Å². The molecule has 1 rings (SSSR count). The summed E-state index contributed by atoms with van der Waals surface area (Å²) in [5, 5.41) is -0.220. The first-order chi connectivity index (χ1) is 8.51. The molecule has 7 heteroatoms. The lowest BCUT2D eigenvalue weighted by Crippen LogP contribution is -2.20. The van der Waals surface area contributed by atoms with E-state index in [1.807, 2.05) is 0 Å². The van der Waals surface area contributed by atoms with Crippen LogP contribution in [0, 0.1) is 0 Å². The summed E-state index contributed by atoms with van der Waals surface area (Å²) in [6, 6.07) is 1.33. The van der Waals surface area contributed by atoms with E-state index < -0.39 is 33.7 Å². The van der Waals surface area contributed by atoms with Gasteiger partial charge in [0.25, 0.3) is 0 Å². The highest BCUT2D eigenvalue weighted by Crippen LogP contribution is 2.15. The average Bonchev–Trinajstić information content (AvgIpc) is 2.23. The number of sulfone groups is 1.